The molecule has 0 saturated heterocycles. The predicted octanol–water partition coefficient (Wildman–Crippen LogP) is 1.59. The summed E-state index contributed by atoms with van der Waals surface area (Å²) in [6, 6.07) is 0.424. The van der Waals surface area contributed by atoms with E-state index in [4.69, 9.17) is 0 Å². The van der Waals surface area contributed by atoms with Crippen LogP contribution in [0.25, 0.3) is 0 Å². The van der Waals surface area contributed by atoms with E-state index in [1.165, 1.54) is 25.5 Å². The molecular weight excluding hydrogens is 210 g/mol. The molecule has 1 aliphatic rings. The van der Waals surface area contributed by atoms with Crippen LogP contribution in [0, 0.1) is 5.92 Å². The van der Waals surface area contributed by atoms with Gasteiger partial charge in [-0.15, -0.1) is 0 Å². The molecule has 0 spiro atoms. The second-order valence-corrected chi connectivity index (χ2v) is 6.93. The highest BCUT2D eigenvalue weighted by molar-refractivity contribution is 7.90. The van der Waals surface area contributed by atoms with E-state index in [-0.39, 0.29) is 0 Å². The van der Waals surface area contributed by atoms with Crippen LogP contribution < -0.4 is 5.32 Å². The lowest BCUT2D eigenvalue weighted by atomic mass is 9.79. The molecule has 15 heavy (non-hydrogen) atoms. The minimum atomic E-state index is -2.80. The zero-order chi connectivity index (χ0) is 11.3. The maximum absolute atomic E-state index is 11.1. The van der Waals surface area contributed by atoms with Crippen LogP contribution in [0.3, 0.4) is 0 Å². The van der Waals surface area contributed by atoms with Crippen LogP contribution in [0.4, 0.5) is 0 Å². The Kier molecular flexibility index (Phi) is 5.06. The van der Waals surface area contributed by atoms with Crippen molar-refractivity contribution in [1.82, 2.24) is 5.32 Å². The maximum Gasteiger partial charge on any atom is 0.147 e. The molecule has 1 unspecified atom stereocenters. The molecule has 0 aromatic heterocycles. The molecule has 1 saturated carbocycles. The molecule has 0 aromatic carbocycles. The Balaban J connectivity index is 2.34. The number of rotatable bonds is 7. The molecule has 0 aliphatic heterocycles. The van der Waals surface area contributed by atoms with Crippen molar-refractivity contribution in [3.63, 3.8) is 0 Å². The van der Waals surface area contributed by atoms with Crippen LogP contribution in [0.15, 0.2) is 0 Å². The summed E-state index contributed by atoms with van der Waals surface area (Å²) in [6.07, 6.45) is 7.07. The van der Waals surface area contributed by atoms with Crippen molar-refractivity contribution in [1.29, 1.82) is 0 Å². The van der Waals surface area contributed by atoms with Gasteiger partial charge in [-0.25, -0.2) is 8.42 Å². The molecule has 0 amide bonds. The van der Waals surface area contributed by atoms with Crippen molar-refractivity contribution in [2.24, 2.45) is 5.92 Å². The molecule has 1 N–H and O–H groups in total. The Hall–Kier alpha value is -0.0900. The normalized spacial score (nSPS) is 19.9. The standard InChI is InChI=1S/C11H23NO2S/c1-3-8-12-11(10-5-4-6-10)7-9-15(2,13)14/h10-12H,3-9H2,1-2H3. The highest BCUT2D eigenvalue weighted by atomic mass is 32.2. The van der Waals surface area contributed by atoms with Crippen molar-refractivity contribution >= 4 is 9.84 Å². The van der Waals surface area contributed by atoms with Gasteiger partial charge < -0.3 is 5.32 Å². The van der Waals surface area contributed by atoms with Crippen molar-refractivity contribution in [2.75, 3.05) is 18.6 Å². The third-order valence-corrected chi connectivity index (χ3v) is 4.15. The second kappa shape index (κ2) is 5.85. The quantitative estimate of drug-likeness (QED) is 0.726. The Morgan fingerprint density at radius 3 is 2.47 bits per heavy atom. The zero-order valence-electron chi connectivity index (χ0n) is 9.83. The maximum atomic E-state index is 11.1. The molecule has 4 heteroatoms. The highest BCUT2D eigenvalue weighted by Gasteiger charge is 2.27. The average molecular weight is 233 g/mol. The van der Waals surface area contributed by atoms with Gasteiger partial charge in [0, 0.05) is 12.3 Å². The largest absolute Gasteiger partial charge is 0.314 e. The van der Waals surface area contributed by atoms with Gasteiger partial charge in [0.05, 0.1) is 5.75 Å². The van der Waals surface area contributed by atoms with Crippen LogP contribution in [-0.2, 0) is 9.84 Å². The van der Waals surface area contributed by atoms with Crippen LogP contribution in [0.2, 0.25) is 0 Å². The van der Waals surface area contributed by atoms with Crippen molar-refractivity contribution in [3.05, 3.63) is 0 Å². The summed E-state index contributed by atoms with van der Waals surface area (Å²) in [4.78, 5) is 0. The van der Waals surface area contributed by atoms with Gasteiger partial charge in [-0.3, -0.25) is 0 Å². The molecule has 0 bridgehead atoms. The van der Waals surface area contributed by atoms with Gasteiger partial charge in [-0.1, -0.05) is 13.3 Å². The van der Waals surface area contributed by atoms with E-state index < -0.39 is 9.84 Å². The summed E-state index contributed by atoms with van der Waals surface area (Å²) in [5.74, 6) is 1.04. The van der Waals surface area contributed by atoms with Gasteiger partial charge in [-0.2, -0.15) is 0 Å². The minimum Gasteiger partial charge on any atom is -0.314 e. The van der Waals surface area contributed by atoms with E-state index in [0.29, 0.717) is 11.8 Å². The SMILES string of the molecule is CCCNC(CCS(C)(=O)=O)C1CCC1. The summed E-state index contributed by atoms with van der Waals surface area (Å²) in [5, 5.41) is 3.48. The molecular formula is C11H23NO2S. The Bertz CT molecular complexity index is 270. The van der Waals surface area contributed by atoms with Gasteiger partial charge in [0.15, 0.2) is 0 Å². The zero-order valence-corrected chi connectivity index (χ0v) is 10.6. The van der Waals surface area contributed by atoms with Crippen LogP contribution in [0.5, 0.6) is 0 Å². The fourth-order valence-electron chi connectivity index (χ4n) is 2.02. The topological polar surface area (TPSA) is 46.2 Å². The summed E-state index contributed by atoms with van der Waals surface area (Å²) >= 11 is 0. The summed E-state index contributed by atoms with van der Waals surface area (Å²) < 4.78 is 22.2. The first kappa shape index (κ1) is 13.0. The van der Waals surface area contributed by atoms with Crippen molar-refractivity contribution in [3.8, 4) is 0 Å². The van der Waals surface area contributed by atoms with Crippen molar-refractivity contribution in [2.45, 2.75) is 45.1 Å². The van der Waals surface area contributed by atoms with Gasteiger partial charge >= 0.3 is 0 Å². The first-order valence-electron chi connectivity index (χ1n) is 5.94. The molecule has 90 valence electrons. The predicted molar refractivity (Wildman–Crippen MR) is 63.8 cm³/mol. The van der Waals surface area contributed by atoms with Gasteiger partial charge in [0.1, 0.15) is 9.84 Å². The van der Waals surface area contributed by atoms with E-state index in [0.717, 1.165) is 25.3 Å². The summed E-state index contributed by atoms with van der Waals surface area (Å²) in [5.41, 5.74) is 0. The number of sulfone groups is 1. The lowest BCUT2D eigenvalue weighted by molar-refractivity contribution is 0.225. The lowest BCUT2D eigenvalue weighted by Crippen LogP contribution is -2.41. The second-order valence-electron chi connectivity index (χ2n) is 4.67. The fraction of sp³-hybridized carbons (Fsp3) is 1.00. The van der Waals surface area contributed by atoms with Gasteiger partial charge in [-0.05, 0) is 38.1 Å². The molecule has 3 nitrogen and oxygen atoms in total. The highest BCUT2D eigenvalue weighted by Crippen LogP contribution is 2.31. The molecule has 1 atom stereocenters. The van der Waals surface area contributed by atoms with E-state index in [1.807, 2.05) is 0 Å². The average Bonchev–Trinajstić information content (AvgIpc) is 2.05. The first-order valence-corrected chi connectivity index (χ1v) is 8.00. The van der Waals surface area contributed by atoms with E-state index in [1.54, 1.807) is 0 Å². The van der Waals surface area contributed by atoms with Gasteiger partial charge in [0.2, 0.25) is 0 Å². The molecule has 0 radical (unpaired) electrons. The first-order chi connectivity index (χ1) is 7.03. The number of hydrogen-bond acceptors (Lipinski definition) is 3. The Labute approximate surface area is 93.6 Å². The van der Waals surface area contributed by atoms with Crippen LogP contribution >= 0.6 is 0 Å². The minimum absolute atomic E-state index is 0.324. The molecule has 0 aromatic rings. The molecule has 1 aliphatic carbocycles. The third-order valence-electron chi connectivity index (χ3n) is 3.18. The number of hydrogen-bond donors (Lipinski definition) is 1. The summed E-state index contributed by atoms with van der Waals surface area (Å²) in [6.45, 7) is 3.15. The van der Waals surface area contributed by atoms with E-state index in [9.17, 15) is 8.42 Å². The number of nitrogens with one attached hydrogen (secondary N) is 1. The van der Waals surface area contributed by atoms with Crippen LogP contribution in [-0.4, -0.2) is 33.0 Å². The van der Waals surface area contributed by atoms with Crippen molar-refractivity contribution < 1.29 is 8.42 Å². The monoisotopic (exact) mass is 233 g/mol. The van der Waals surface area contributed by atoms with E-state index >= 15 is 0 Å². The fourth-order valence-corrected chi connectivity index (χ4v) is 2.70. The van der Waals surface area contributed by atoms with E-state index in [2.05, 4.69) is 12.2 Å². The molecule has 1 fully saturated rings. The molecule has 1 rings (SSSR count). The lowest BCUT2D eigenvalue weighted by Gasteiger charge is -2.34. The molecule has 0 heterocycles. The third kappa shape index (κ3) is 4.98. The van der Waals surface area contributed by atoms with Crippen LogP contribution in [0.1, 0.15) is 39.0 Å². The summed E-state index contributed by atoms with van der Waals surface area (Å²) in [7, 11) is -2.80. The Morgan fingerprint density at radius 2 is 2.07 bits per heavy atom. The smallest absolute Gasteiger partial charge is 0.147 e. The Morgan fingerprint density at radius 1 is 1.40 bits per heavy atom. The van der Waals surface area contributed by atoms with Gasteiger partial charge in [0.25, 0.3) is 0 Å².